The Morgan fingerprint density at radius 3 is 2.46 bits per heavy atom. The van der Waals surface area contributed by atoms with Crippen LogP contribution in [-0.2, 0) is 9.59 Å². The highest BCUT2D eigenvalue weighted by atomic mass is 16.2. The van der Waals surface area contributed by atoms with Gasteiger partial charge in [-0.3, -0.25) is 24.9 Å². The fourth-order valence-corrected chi connectivity index (χ4v) is 6.16. The number of nitrogens with two attached hydrogens (primary N) is 2. The maximum absolute atomic E-state index is 13.8. The Bertz CT molecular complexity index is 1800. The summed E-state index contributed by atoms with van der Waals surface area (Å²) in [4.78, 5) is 40.6. The molecule has 2 amide bonds. The van der Waals surface area contributed by atoms with Gasteiger partial charge in [-0.15, -0.1) is 0 Å². The van der Waals surface area contributed by atoms with E-state index in [2.05, 4.69) is 27.0 Å². The van der Waals surface area contributed by atoms with Crippen LogP contribution < -0.4 is 16.4 Å². The molecule has 1 fully saturated rings. The number of rotatable bonds is 10. The number of nitriles is 1. The van der Waals surface area contributed by atoms with Crippen molar-refractivity contribution in [3.63, 3.8) is 0 Å². The molecule has 0 aliphatic carbocycles. The lowest BCUT2D eigenvalue weighted by Crippen LogP contribution is -2.42. The fourth-order valence-electron chi connectivity index (χ4n) is 6.16. The Hall–Kier alpha value is -5.60. The van der Waals surface area contributed by atoms with E-state index in [1.165, 1.54) is 11.9 Å². The Kier molecular flexibility index (Phi) is 10.8. The zero-order valence-corrected chi connectivity index (χ0v) is 27.4. The lowest BCUT2D eigenvalue weighted by molar-refractivity contribution is -0.132. The second kappa shape index (κ2) is 15.3. The summed E-state index contributed by atoms with van der Waals surface area (Å²) in [7, 11) is 1.64. The van der Waals surface area contributed by atoms with Gasteiger partial charge in [0.15, 0.2) is 0 Å². The summed E-state index contributed by atoms with van der Waals surface area (Å²) < 4.78 is 0. The summed E-state index contributed by atoms with van der Waals surface area (Å²) in [5, 5.41) is 17.9. The van der Waals surface area contributed by atoms with Gasteiger partial charge in [-0.1, -0.05) is 42.5 Å². The van der Waals surface area contributed by atoms with Gasteiger partial charge in [-0.25, -0.2) is 4.99 Å². The quantitative estimate of drug-likeness (QED) is 0.172. The molecule has 0 unspecified atom stereocenters. The van der Waals surface area contributed by atoms with Crippen LogP contribution >= 0.6 is 0 Å². The largest absolute Gasteiger partial charge is 0.398 e. The first-order valence-electron chi connectivity index (χ1n) is 16.1. The maximum Gasteiger partial charge on any atom is 0.237 e. The predicted octanol–water partition coefficient (Wildman–Crippen LogP) is 3.91. The summed E-state index contributed by atoms with van der Waals surface area (Å²) in [6.45, 7) is 5.04. The third-order valence-electron chi connectivity index (χ3n) is 8.91. The molecule has 2 heterocycles. The van der Waals surface area contributed by atoms with E-state index < -0.39 is 0 Å². The van der Waals surface area contributed by atoms with Crippen LogP contribution in [0.15, 0.2) is 82.8 Å². The summed E-state index contributed by atoms with van der Waals surface area (Å²) in [5.74, 6) is 0.232. The molecule has 48 heavy (non-hydrogen) atoms. The number of amides is 2. The molecule has 0 bridgehead atoms. The van der Waals surface area contributed by atoms with Gasteiger partial charge in [0.1, 0.15) is 12.2 Å². The summed E-state index contributed by atoms with van der Waals surface area (Å²) in [6.07, 6.45) is 4.96. The van der Waals surface area contributed by atoms with E-state index in [1.54, 1.807) is 48.3 Å². The van der Waals surface area contributed by atoms with Crippen LogP contribution in [0.3, 0.4) is 0 Å². The highest BCUT2D eigenvalue weighted by Crippen LogP contribution is 2.28. The van der Waals surface area contributed by atoms with Crippen molar-refractivity contribution in [3.8, 4) is 6.07 Å². The van der Waals surface area contributed by atoms with Crippen LogP contribution in [0.1, 0.15) is 47.6 Å². The van der Waals surface area contributed by atoms with Crippen molar-refractivity contribution in [1.82, 2.24) is 9.80 Å². The van der Waals surface area contributed by atoms with Crippen molar-refractivity contribution in [2.24, 2.45) is 21.6 Å². The lowest BCUT2D eigenvalue weighted by atomic mass is 9.98. The number of aliphatic imine (C=N–C) groups is 2. The van der Waals surface area contributed by atoms with E-state index in [9.17, 15) is 9.59 Å². The molecule has 246 valence electrons. The number of nitrogen functional groups attached to an aromatic ring is 1. The van der Waals surface area contributed by atoms with Crippen LogP contribution in [-0.4, -0.2) is 85.8 Å². The average molecular weight is 644 g/mol. The van der Waals surface area contributed by atoms with Gasteiger partial charge in [0.2, 0.25) is 11.8 Å². The maximum atomic E-state index is 13.8. The van der Waals surface area contributed by atoms with Crippen molar-refractivity contribution in [3.05, 3.63) is 101 Å². The van der Waals surface area contributed by atoms with Gasteiger partial charge in [-0.05, 0) is 67.8 Å². The van der Waals surface area contributed by atoms with Gasteiger partial charge >= 0.3 is 0 Å². The van der Waals surface area contributed by atoms with Gasteiger partial charge in [0.25, 0.3) is 0 Å². The van der Waals surface area contributed by atoms with Crippen molar-refractivity contribution < 1.29 is 9.59 Å². The van der Waals surface area contributed by atoms with Crippen molar-refractivity contribution in [2.45, 2.75) is 19.8 Å². The summed E-state index contributed by atoms with van der Waals surface area (Å²) >= 11 is 0. The average Bonchev–Trinajstić information content (AvgIpc) is 3.59. The molecule has 1 saturated heterocycles. The highest BCUT2D eigenvalue weighted by molar-refractivity contribution is 6.14. The number of anilines is 2. The molecule has 0 radical (unpaired) electrons. The normalized spacial score (nSPS) is 16.9. The molecular weight excluding hydrogens is 602 g/mol. The third kappa shape index (κ3) is 7.67. The zero-order chi connectivity index (χ0) is 34.2. The van der Waals surface area contributed by atoms with E-state index in [-0.39, 0.29) is 30.0 Å². The molecule has 3 aromatic carbocycles. The predicted molar refractivity (Wildman–Crippen MR) is 191 cm³/mol. The van der Waals surface area contributed by atoms with Crippen molar-refractivity contribution in [2.75, 3.05) is 56.9 Å². The smallest absolute Gasteiger partial charge is 0.237 e. The highest BCUT2D eigenvalue weighted by Gasteiger charge is 2.33. The second-order valence-corrected chi connectivity index (χ2v) is 11.9. The zero-order valence-electron chi connectivity index (χ0n) is 27.4. The van der Waals surface area contributed by atoms with Gasteiger partial charge in [0, 0.05) is 61.3 Å². The minimum absolute atomic E-state index is 0.00355. The van der Waals surface area contributed by atoms with Crippen molar-refractivity contribution in [1.29, 1.82) is 10.7 Å². The van der Waals surface area contributed by atoms with Gasteiger partial charge in [0.05, 0.1) is 29.8 Å². The molecule has 0 aromatic heterocycles. The first-order chi connectivity index (χ1) is 23.2. The first-order valence-corrected chi connectivity index (χ1v) is 16.1. The number of amidine groups is 1. The monoisotopic (exact) mass is 643 g/mol. The van der Waals surface area contributed by atoms with E-state index in [1.807, 2.05) is 42.2 Å². The molecule has 2 aliphatic rings. The van der Waals surface area contributed by atoms with Gasteiger partial charge in [-0.2, -0.15) is 5.26 Å². The topological polar surface area (TPSA) is 168 Å². The number of hydrogen-bond donors (Lipinski definition) is 3. The third-order valence-corrected chi connectivity index (χ3v) is 8.91. The standard InChI is InChI=1S/C37H41N9O2/c1-3-46(31-12-13-33(39)32(20-31)35(40)28-6-4-25(21-38)5-7-28)37(48)30-14-17-44(22-30)23-34(47)45-18-15-27(16-19-45)26-8-10-29(11-9-26)36(41)43-24-42-2/h4-13,15,20,24,30,40H,3,14,16-19,22-23,39H2,1-2H3,(H2,41,42,43)/t30-/m1/s1. The molecule has 5 N–H and O–H groups in total. The molecule has 0 saturated carbocycles. The van der Waals surface area contributed by atoms with Crippen molar-refractivity contribution >= 4 is 46.6 Å². The lowest BCUT2D eigenvalue weighted by Gasteiger charge is -2.29. The minimum atomic E-state index is -0.235. The Morgan fingerprint density at radius 1 is 1.08 bits per heavy atom. The number of carbonyl (C=O) groups excluding carboxylic acids is 2. The number of likely N-dealkylation sites (tertiary alicyclic amines) is 1. The number of nitrogens with one attached hydrogen (secondary N) is 1. The Labute approximate surface area is 281 Å². The Balaban J connectivity index is 1.17. The minimum Gasteiger partial charge on any atom is -0.398 e. The molecular formula is C37H41N9O2. The van der Waals surface area contributed by atoms with E-state index >= 15 is 0 Å². The molecule has 11 heteroatoms. The van der Waals surface area contributed by atoms with Crippen LogP contribution in [0.5, 0.6) is 0 Å². The van der Waals surface area contributed by atoms with E-state index in [0.717, 1.165) is 17.5 Å². The molecule has 5 rings (SSSR count). The van der Waals surface area contributed by atoms with Crippen LogP contribution in [0.25, 0.3) is 5.57 Å². The molecule has 0 spiro atoms. The molecule has 11 nitrogen and oxygen atoms in total. The fraction of sp³-hybridized carbons (Fsp3) is 0.297. The molecule has 1 atom stereocenters. The van der Waals surface area contributed by atoms with Crippen LogP contribution in [0, 0.1) is 22.7 Å². The first kappa shape index (κ1) is 33.8. The van der Waals surface area contributed by atoms with Crippen LogP contribution in [0.2, 0.25) is 0 Å². The van der Waals surface area contributed by atoms with E-state index in [4.69, 9.17) is 22.1 Å². The molecule has 2 aliphatic heterocycles. The van der Waals surface area contributed by atoms with Gasteiger partial charge < -0.3 is 21.3 Å². The van der Waals surface area contributed by atoms with E-state index in [0.29, 0.717) is 73.0 Å². The SMILES string of the molecule is CCN(C(=O)[C@@H]1CCN(CC(=O)N2CC=C(c3ccc(C(N)=NC=NC)cc3)CC2)C1)c1ccc(N)c(C(=N)c2ccc(C#N)cc2)c1. The Morgan fingerprint density at radius 2 is 1.81 bits per heavy atom. The number of nitrogens with zero attached hydrogens (tertiary/aromatic N) is 6. The molecule has 3 aromatic rings. The van der Waals surface area contributed by atoms with Crippen LogP contribution in [0.4, 0.5) is 11.4 Å². The second-order valence-electron chi connectivity index (χ2n) is 11.9. The summed E-state index contributed by atoms with van der Waals surface area (Å²) in [6, 6.07) is 22.1. The number of hydrogen-bond acceptors (Lipinski definition) is 7. The number of benzene rings is 3. The summed E-state index contributed by atoms with van der Waals surface area (Å²) in [5.41, 5.74) is 18.4. The number of carbonyl (C=O) groups is 2.